The van der Waals surface area contributed by atoms with Gasteiger partial charge in [0.1, 0.15) is 5.78 Å². The van der Waals surface area contributed by atoms with E-state index < -0.39 is 17.8 Å². The maximum atomic E-state index is 13.7. The first kappa shape index (κ1) is 24.1. The number of ether oxygens (including phenoxy) is 3. The molecule has 2 aliphatic rings. The lowest BCUT2D eigenvalue weighted by molar-refractivity contribution is -0.139. The largest absolute Gasteiger partial charge is 0.493 e. The lowest BCUT2D eigenvalue weighted by Gasteiger charge is -2.39. The summed E-state index contributed by atoms with van der Waals surface area (Å²) in [6.45, 7) is 3.90. The van der Waals surface area contributed by atoms with E-state index >= 15 is 0 Å². The Hall–Kier alpha value is -3.06. The van der Waals surface area contributed by atoms with Crippen molar-refractivity contribution in [1.29, 1.82) is 0 Å². The number of Topliss-reactive ketones (excluding diaryl/α,β-unsaturated/α-hetero) is 1. The number of hydrogen-bond acceptors (Lipinski definition) is 6. The fourth-order valence-corrected chi connectivity index (χ4v) is 5.45. The van der Waals surface area contributed by atoms with Gasteiger partial charge in [0.2, 0.25) is 0 Å². The van der Waals surface area contributed by atoms with Crippen LogP contribution in [0.2, 0.25) is 0 Å². The van der Waals surface area contributed by atoms with Crippen molar-refractivity contribution >= 4 is 27.7 Å². The molecule has 1 aliphatic heterocycles. The van der Waals surface area contributed by atoms with Gasteiger partial charge in [0.25, 0.3) is 0 Å². The molecule has 2 aromatic rings. The van der Waals surface area contributed by atoms with Gasteiger partial charge in [0.15, 0.2) is 11.5 Å². The highest BCUT2D eigenvalue weighted by Crippen LogP contribution is 2.48. The molecule has 0 spiro atoms. The molecule has 0 saturated carbocycles. The average molecular weight is 526 g/mol. The first-order chi connectivity index (χ1) is 16.4. The van der Waals surface area contributed by atoms with E-state index in [-0.39, 0.29) is 18.3 Å². The molecular weight excluding hydrogens is 498 g/mol. The molecule has 3 unspecified atom stereocenters. The van der Waals surface area contributed by atoms with E-state index in [0.717, 1.165) is 21.3 Å². The van der Waals surface area contributed by atoms with Crippen LogP contribution in [0.5, 0.6) is 11.5 Å². The summed E-state index contributed by atoms with van der Waals surface area (Å²) >= 11 is 3.63. The van der Waals surface area contributed by atoms with Crippen LogP contribution in [-0.4, -0.2) is 32.6 Å². The highest BCUT2D eigenvalue weighted by Gasteiger charge is 2.45. The Kier molecular flexibility index (Phi) is 7.12. The summed E-state index contributed by atoms with van der Waals surface area (Å²) in [5, 5.41) is 3.36. The van der Waals surface area contributed by atoms with Gasteiger partial charge in [-0.1, -0.05) is 46.3 Å². The van der Waals surface area contributed by atoms with Crippen LogP contribution in [0.15, 0.2) is 70.0 Å². The maximum Gasteiger partial charge on any atom is 0.336 e. The molecule has 4 rings (SSSR count). The van der Waals surface area contributed by atoms with Crippen molar-refractivity contribution in [2.45, 2.75) is 32.1 Å². The summed E-state index contributed by atoms with van der Waals surface area (Å²) in [4.78, 5) is 26.7. The fraction of sp³-hybridized carbons (Fsp3) is 0.333. The van der Waals surface area contributed by atoms with Gasteiger partial charge in [0.05, 0.1) is 32.3 Å². The van der Waals surface area contributed by atoms with Gasteiger partial charge in [-0.15, -0.1) is 0 Å². The van der Waals surface area contributed by atoms with Gasteiger partial charge in [0, 0.05) is 34.1 Å². The SMILES string of the molecule is CCOC(=O)C1=C(C)NC2=CC(c3ccc(OC)c(OC)c3)CC(=O)C2C1c1ccccc1Br. The summed E-state index contributed by atoms with van der Waals surface area (Å²) in [7, 11) is 3.19. The van der Waals surface area contributed by atoms with Gasteiger partial charge >= 0.3 is 5.97 Å². The number of carbonyl (C=O) groups excluding carboxylic acids is 2. The Morgan fingerprint density at radius 3 is 2.50 bits per heavy atom. The predicted octanol–water partition coefficient (Wildman–Crippen LogP) is 5.25. The first-order valence-electron chi connectivity index (χ1n) is 11.2. The van der Waals surface area contributed by atoms with Gasteiger partial charge in [-0.05, 0) is 43.2 Å². The maximum absolute atomic E-state index is 13.7. The summed E-state index contributed by atoms with van der Waals surface area (Å²) in [5.74, 6) is -0.137. The third-order valence-corrected chi connectivity index (χ3v) is 7.16. The number of allylic oxidation sites excluding steroid dienone is 3. The Morgan fingerprint density at radius 1 is 1.09 bits per heavy atom. The van der Waals surface area contributed by atoms with E-state index in [2.05, 4.69) is 27.3 Å². The second kappa shape index (κ2) is 10.1. The van der Waals surface area contributed by atoms with Crippen molar-refractivity contribution in [3.05, 3.63) is 81.1 Å². The summed E-state index contributed by atoms with van der Waals surface area (Å²) < 4.78 is 17.1. The molecule has 1 heterocycles. The third-order valence-electron chi connectivity index (χ3n) is 6.44. The molecule has 7 heteroatoms. The Morgan fingerprint density at radius 2 is 1.82 bits per heavy atom. The molecule has 1 aliphatic carbocycles. The van der Waals surface area contributed by atoms with Crippen LogP contribution in [0, 0.1) is 5.92 Å². The minimum absolute atomic E-state index is 0.0693. The van der Waals surface area contributed by atoms with Crippen molar-refractivity contribution in [2.24, 2.45) is 5.92 Å². The molecule has 178 valence electrons. The standard InChI is InChI=1S/C27H28BrNO5/c1-5-34-27(31)24-15(2)29-20-12-17(16-10-11-22(32-3)23(14-16)33-4)13-21(30)26(20)25(24)18-8-6-7-9-19(18)28/h6-12,14,17,25-26,29H,5,13H2,1-4H3. The Balaban J connectivity index is 1.82. The highest BCUT2D eigenvalue weighted by molar-refractivity contribution is 9.10. The molecule has 34 heavy (non-hydrogen) atoms. The molecule has 0 aromatic heterocycles. The van der Waals surface area contributed by atoms with Crippen molar-refractivity contribution in [3.63, 3.8) is 0 Å². The van der Waals surface area contributed by atoms with Gasteiger partial charge < -0.3 is 19.5 Å². The number of halogens is 1. The average Bonchev–Trinajstić information content (AvgIpc) is 2.83. The smallest absolute Gasteiger partial charge is 0.336 e. The zero-order valence-electron chi connectivity index (χ0n) is 19.7. The number of fused-ring (bicyclic) bond motifs is 1. The zero-order chi connectivity index (χ0) is 24.4. The summed E-state index contributed by atoms with van der Waals surface area (Å²) in [5.41, 5.74) is 3.85. The normalized spacial score (nSPS) is 21.9. The molecule has 1 N–H and O–H groups in total. The Labute approximate surface area is 208 Å². The third kappa shape index (κ3) is 4.37. The zero-order valence-corrected chi connectivity index (χ0v) is 21.3. The van der Waals surface area contributed by atoms with Crippen molar-refractivity contribution in [3.8, 4) is 11.5 Å². The lowest BCUT2D eigenvalue weighted by atomic mass is 9.68. The van der Waals surface area contributed by atoms with Crippen molar-refractivity contribution < 1.29 is 23.8 Å². The number of hydrogen-bond donors (Lipinski definition) is 1. The summed E-state index contributed by atoms with van der Waals surface area (Å²) in [6, 6.07) is 13.4. The van der Waals surface area contributed by atoms with Crippen LogP contribution >= 0.6 is 15.9 Å². The number of rotatable bonds is 6. The van der Waals surface area contributed by atoms with Gasteiger partial charge in [-0.3, -0.25) is 4.79 Å². The molecule has 0 bridgehead atoms. The van der Waals surface area contributed by atoms with Crippen LogP contribution in [0.1, 0.15) is 43.2 Å². The van der Waals surface area contributed by atoms with Crippen LogP contribution in [0.25, 0.3) is 0 Å². The van der Waals surface area contributed by atoms with E-state index in [0.29, 0.717) is 29.2 Å². The first-order valence-corrected chi connectivity index (χ1v) is 12.0. The molecule has 0 amide bonds. The van der Waals surface area contributed by atoms with Crippen LogP contribution in [0.4, 0.5) is 0 Å². The second-order valence-electron chi connectivity index (χ2n) is 8.37. The van der Waals surface area contributed by atoms with Crippen LogP contribution in [0.3, 0.4) is 0 Å². The number of ketones is 1. The molecule has 0 radical (unpaired) electrons. The number of nitrogens with one attached hydrogen (secondary N) is 1. The minimum Gasteiger partial charge on any atom is -0.493 e. The van der Waals surface area contributed by atoms with E-state index in [4.69, 9.17) is 14.2 Å². The number of esters is 1. The number of carbonyl (C=O) groups is 2. The number of benzene rings is 2. The van der Waals surface area contributed by atoms with E-state index in [1.54, 1.807) is 21.1 Å². The molecule has 0 saturated heterocycles. The Bertz CT molecular complexity index is 1190. The van der Waals surface area contributed by atoms with Gasteiger partial charge in [-0.2, -0.15) is 0 Å². The molecule has 2 aromatic carbocycles. The summed E-state index contributed by atoms with van der Waals surface area (Å²) in [6.07, 6.45) is 2.42. The molecule has 0 fully saturated rings. The second-order valence-corrected chi connectivity index (χ2v) is 9.23. The predicted molar refractivity (Wildman–Crippen MR) is 133 cm³/mol. The molecular formula is C27H28BrNO5. The van der Waals surface area contributed by atoms with Crippen LogP contribution in [-0.2, 0) is 14.3 Å². The monoisotopic (exact) mass is 525 g/mol. The van der Waals surface area contributed by atoms with E-state index in [9.17, 15) is 9.59 Å². The topological polar surface area (TPSA) is 73.9 Å². The van der Waals surface area contributed by atoms with Gasteiger partial charge in [-0.25, -0.2) is 4.79 Å². The quantitative estimate of drug-likeness (QED) is 0.519. The lowest BCUT2D eigenvalue weighted by Crippen LogP contribution is -2.42. The van der Waals surface area contributed by atoms with Crippen molar-refractivity contribution in [2.75, 3.05) is 20.8 Å². The fourth-order valence-electron chi connectivity index (χ4n) is 4.91. The molecule has 3 atom stereocenters. The van der Waals surface area contributed by atoms with Crippen LogP contribution < -0.4 is 14.8 Å². The highest BCUT2D eigenvalue weighted by atomic mass is 79.9. The minimum atomic E-state index is -0.502. The molecule has 6 nitrogen and oxygen atoms in total. The van der Waals surface area contributed by atoms with Crippen molar-refractivity contribution in [1.82, 2.24) is 5.32 Å². The van der Waals surface area contributed by atoms with E-state index in [1.165, 1.54) is 0 Å². The number of methoxy groups -OCH3 is 2. The van der Waals surface area contributed by atoms with E-state index in [1.807, 2.05) is 49.4 Å².